The lowest BCUT2D eigenvalue weighted by molar-refractivity contribution is 0.595. The van der Waals surface area contributed by atoms with E-state index in [0.717, 1.165) is 30.2 Å². The van der Waals surface area contributed by atoms with Gasteiger partial charge in [-0.1, -0.05) is 6.92 Å². The van der Waals surface area contributed by atoms with Crippen LogP contribution in [0, 0.1) is 6.92 Å². The fourth-order valence-corrected chi connectivity index (χ4v) is 3.35. The highest BCUT2D eigenvalue weighted by Gasteiger charge is 2.16. The van der Waals surface area contributed by atoms with E-state index in [4.69, 9.17) is 5.73 Å². The molecular weight excluding hydrogens is 284 g/mol. The molecule has 5 heteroatoms. The molecule has 0 saturated carbocycles. The number of rotatable bonds is 5. The number of hydrogen-bond acceptors (Lipinski definition) is 3. The average Bonchev–Trinajstić information content (AvgIpc) is 2.67. The zero-order valence-corrected chi connectivity index (χ0v) is 14.0. The summed E-state index contributed by atoms with van der Waals surface area (Å²) in [5.74, 6) is 0. The third-order valence-electron chi connectivity index (χ3n) is 4.31. The van der Waals surface area contributed by atoms with Gasteiger partial charge in [0.2, 0.25) is 0 Å². The van der Waals surface area contributed by atoms with Crippen LogP contribution in [0.5, 0.6) is 0 Å². The van der Waals surface area contributed by atoms with Gasteiger partial charge < -0.3 is 10.3 Å². The first kappa shape index (κ1) is 16.0. The Bertz CT molecular complexity index is 760. The maximum Gasteiger partial charge on any atom is 0.175 e. The SMILES string of the molecule is CCC(N)CCc1c(C)n(C)c2ccc(S(C)(=O)=O)cc12. The van der Waals surface area contributed by atoms with Gasteiger partial charge in [0.1, 0.15) is 0 Å². The van der Waals surface area contributed by atoms with Crippen LogP contribution in [0.3, 0.4) is 0 Å². The van der Waals surface area contributed by atoms with E-state index in [9.17, 15) is 8.42 Å². The highest BCUT2D eigenvalue weighted by atomic mass is 32.2. The second-order valence-corrected chi connectivity index (χ2v) is 7.80. The number of benzene rings is 1. The van der Waals surface area contributed by atoms with Gasteiger partial charge in [0, 0.05) is 35.9 Å². The minimum Gasteiger partial charge on any atom is -0.348 e. The standard InChI is InChI=1S/C16H24N2O2S/c1-5-12(17)6-8-14-11(2)18(3)16-9-7-13(10-15(14)16)21(4,19)20/h7,9-10,12H,5-6,8,17H2,1-4H3. The van der Waals surface area contributed by atoms with Crippen LogP contribution in [0.25, 0.3) is 10.9 Å². The smallest absolute Gasteiger partial charge is 0.175 e. The molecule has 2 rings (SSSR count). The van der Waals surface area contributed by atoms with Crippen molar-refractivity contribution in [1.29, 1.82) is 0 Å². The van der Waals surface area contributed by atoms with Crippen molar-refractivity contribution < 1.29 is 8.42 Å². The first-order chi connectivity index (χ1) is 9.75. The van der Waals surface area contributed by atoms with E-state index in [1.165, 1.54) is 17.5 Å². The molecule has 1 aromatic carbocycles. The maximum absolute atomic E-state index is 11.8. The predicted molar refractivity (Wildman–Crippen MR) is 87.4 cm³/mol. The lowest BCUT2D eigenvalue weighted by Gasteiger charge is -2.09. The van der Waals surface area contributed by atoms with E-state index >= 15 is 0 Å². The van der Waals surface area contributed by atoms with E-state index in [-0.39, 0.29) is 6.04 Å². The summed E-state index contributed by atoms with van der Waals surface area (Å²) in [5.41, 5.74) is 9.48. The Balaban J connectivity index is 2.55. The van der Waals surface area contributed by atoms with Crippen LogP contribution < -0.4 is 5.73 Å². The van der Waals surface area contributed by atoms with Gasteiger partial charge in [-0.05, 0) is 49.9 Å². The quantitative estimate of drug-likeness (QED) is 0.923. The van der Waals surface area contributed by atoms with Crippen molar-refractivity contribution in [2.24, 2.45) is 12.8 Å². The zero-order valence-electron chi connectivity index (χ0n) is 13.2. The van der Waals surface area contributed by atoms with Crippen molar-refractivity contribution in [1.82, 2.24) is 4.57 Å². The summed E-state index contributed by atoms with van der Waals surface area (Å²) in [6.07, 6.45) is 4.00. The molecule has 21 heavy (non-hydrogen) atoms. The van der Waals surface area contributed by atoms with Gasteiger partial charge in [-0.25, -0.2) is 8.42 Å². The molecule has 0 fully saturated rings. The van der Waals surface area contributed by atoms with Crippen LogP contribution in [0.1, 0.15) is 31.0 Å². The fourth-order valence-electron chi connectivity index (χ4n) is 2.71. The number of fused-ring (bicyclic) bond motifs is 1. The van der Waals surface area contributed by atoms with Crippen molar-refractivity contribution in [3.05, 3.63) is 29.5 Å². The van der Waals surface area contributed by atoms with Gasteiger partial charge in [-0.3, -0.25) is 0 Å². The zero-order chi connectivity index (χ0) is 15.8. The number of hydrogen-bond donors (Lipinski definition) is 1. The molecular formula is C16H24N2O2S. The van der Waals surface area contributed by atoms with E-state index in [1.54, 1.807) is 12.1 Å². The second-order valence-electron chi connectivity index (χ2n) is 5.78. The summed E-state index contributed by atoms with van der Waals surface area (Å²) < 4.78 is 25.6. The van der Waals surface area contributed by atoms with E-state index in [1.807, 2.05) is 13.1 Å². The van der Waals surface area contributed by atoms with Gasteiger partial charge in [-0.15, -0.1) is 0 Å². The molecule has 1 heterocycles. The summed E-state index contributed by atoms with van der Waals surface area (Å²) in [5, 5.41) is 1.03. The van der Waals surface area contributed by atoms with Gasteiger partial charge >= 0.3 is 0 Å². The summed E-state index contributed by atoms with van der Waals surface area (Å²) >= 11 is 0. The van der Waals surface area contributed by atoms with Gasteiger partial charge in [-0.2, -0.15) is 0 Å². The van der Waals surface area contributed by atoms with Crippen molar-refractivity contribution in [2.45, 2.75) is 44.0 Å². The van der Waals surface area contributed by atoms with Crippen LogP contribution in [-0.2, 0) is 23.3 Å². The number of aromatic nitrogens is 1. The number of nitrogens with two attached hydrogens (primary N) is 1. The molecule has 0 aliphatic heterocycles. The van der Waals surface area contributed by atoms with Crippen molar-refractivity contribution >= 4 is 20.7 Å². The molecule has 1 aromatic heterocycles. The molecule has 0 aliphatic carbocycles. The van der Waals surface area contributed by atoms with Crippen LogP contribution in [-0.4, -0.2) is 25.3 Å². The summed E-state index contributed by atoms with van der Waals surface area (Å²) in [6.45, 7) is 4.16. The monoisotopic (exact) mass is 308 g/mol. The van der Waals surface area contributed by atoms with E-state index in [0.29, 0.717) is 4.90 Å². The largest absolute Gasteiger partial charge is 0.348 e. The second kappa shape index (κ2) is 5.81. The average molecular weight is 308 g/mol. The Hall–Kier alpha value is -1.33. The highest BCUT2D eigenvalue weighted by Crippen LogP contribution is 2.28. The van der Waals surface area contributed by atoms with Crippen LogP contribution in [0.2, 0.25) is 0 Å². The van der Waals surface area contributed by atoms with Gasteiger partial charge in [0.15, 0.2) is 9.84 Å². The minimum absolute atomic E-state index is 0.192. The Morgan fingerprint density at radius 3 is 2.57 bits per heavy atom. The lowest BCUT2D eigenvalue weighted by Crippen LogP contribution is -2.19. The van der Waals surface area contributed by atoms with Crippen LogP contribution in [0.4, 0.5) is 0 Å². The Kier molecular flexibility index (Phi) is 4.44. The van der Waals surface area contributed by atoms with E-state index < -0.39 is 9.84 Å². The molecule has 2 aromatic rings. The van der Waals surface area contributed by atoms with Crippen LogP contribution >= 0.6 is 0 Å². The van der Waals surface area contributed by atoms with Gasteiger partial charge in [0.25, 0.3) is 0 Å². The van der Waals surface area contributed by atoms with Crippen molar-refractivity contribution in [2.75, 3.05) is 6.26 Å². The number of sulfone groups is 1. The molecule has 1 unspecified atom stereocenters. The van der Waals surface area contributed by atoms with E-state index in [2.05, 4.69) is 18.4 Å². The number of aryl methyl sites for hydroxylation is 2. The molecule has 0 spiro atoms. The minimum atomic E-state index is -3.18. The molecule has 1 atom stereocenters. The third-order valence-corrected chi connectivity index (χ3v) is 5.42. The molecule has 0 amide bonds. The Morgan fingerprint density at radius 2 is 2.00 bits per heavy atom. The van der Waals surface area contributed by atoms with Crippen molar-refractivity contribution in [3.63, 3.8) is 0 Å². The molecule has 0 bridgehead atoms. The first-order valence-corrected chi connectivity index (χ1v) is 9.18. The summed E-state index contributed by atoms with van der Waals surface area (Å²) in [4.78, 5) is 0.377. The molecule has 0 radical (unpaired) electrons. The first-order valence-electron chi connectivity index (χ1n) is 7.29. The molecule has 0 aliphatic rings. The predicted octanol–water partition coefficient (Wildman–Crippen LogP) is 2.56. The molecule has 4 nitrogen and oxygen atoms in total. The molecule has 116 valence electrons. The van der Waals surface area contributed by atoms with Crippen LogP contribution in [0.15, 0.2) is 23.1 Å². The van der Waals surface area contributed by atoms with Gasteiger partial charge in [0.05, 0.1) is 4.90 Å². The fraction of sp³-hybridized carbons (Fsp3) is 0.500. The third kappa shape index (κ3) is 3.14. The van der Waals surface area contributed by atoms with Crippen molar-refractivity contribution in [3.8, 4) is 0 Å². The summed E-state index contributed by atoms with van der Waals surface area (Å²) in [6, 6.07) is 5.56. The maximum atomic E-state index is 11.8. The number of nitrogens with zero attached hydrogens (tertiary/aromatic N) is 1. The topological polar surface area (TPSA) is 65.1 Å². The lowest BCUT2D eigenvalue weighted by atomic mass is 10.0. The molecule has 0 saturated heterocycles. The summed E-state index contributed by atoms with van der Waals surface area (Å²) in [7, 11) is -1.17. The normalized spacial score (nSPS) is 13.8. The highest BCUT2D eigenvalue weighted by molar-refractivity contribution is 7.90. The Labute approximate surface area is 126 Å². The molecule has 2 N–H and O–H groups in total. The Morgan fingerprint density at radius 1 is 1.33 bits per heavy atom.